The van der Waals surface area contributed by atoms with E-state index in [1.165, 1.54) is 0 Å². The van der Waals surface area contributed by atoms with Crippen LogP contribution >= 0.6 is 0 Å². The van der Waals surface area contributed by atoms with Gasteiger partial charge in [0.1, 0.15) is 0 Å². The van der Waals surface area contributed by atoms with Crippen molar-refractivity contribution in [1.82, 2.24) is 19.8 Å². The summed E-state index contributed by atoms with van der Waals surface area (Å²) in [6.45, 7) is 4.95. The largest absolute Gasteiger partial charge is 0.358 e. The second-order valence-electron chi connectivity index (χ2n) is 9.47. The molecule has 1 aliphatic carbocycles. The summed E-state index contributed by atoms with van der Waals surface area (Å²) in [6.07, 6.45) is 5.33. The van der Waals surface area contributed by atoms with Crippen LogP contribution in [0.4, 0.5) is 5.82 Å². The Morgan fingerprint density at radius 2 is 1.91 bits per heavy atom. The Morgan fingerprint density at radius 3 is 2.59 bits per heavy atom. The number of amides is 1. The van der Waals surface area contributed by atoms with Crippen molar-refractivity contribution < 1.29 is 4.79 Å². The molecule has 3 aromatic rings. The molecule has 2 atom stereocenters. The zero-order chi connectivity index (χ0) is 24.2. The van der Waals surface area contributed by atoms with Gasteiger partial charge in [-0.05, 0) is 63.0 Å². The van der Waals surface area contributed by atoms with Crippen LogP contribution in [-0.4, -0.2) is 47.0 Å². The van der Waals surface area contributed by atoms with E-state index in [-0.39, 0.29) is 35.3 Å². The first kappa shape index (κ1) is 23.7. The van der Waals surface area contributed by atoms with Gasteiger partial charge in [-0.1, -0.05) is 43.3 Å². The molecule has 2 N–H and O–H groups in total. The van der Waals surface area contributed by atoms with Crippen LogP contribution < -0.4 is 16.2 Å². The van der Waals surface area contributed by atoms with Gasteiger partial charge in [-0.2, -0.15) is 0 Å². The van der Waals surface area contributed by atoms with Crippen LogP contribution in [0.2, 0.25) is 0 Å². The fourth-order valence-electron chi connectivity index (χ4n) is 4.25. The molecule has 0 unspecified atom stereocenters. The van der Waals surface area contributed by atoms with E-state index < -0.39 is 0 Å². The van der Waals surface area contributed by atoms with Gasteiger partial charge in [0.15, 0.2) is 5.82 Å². The molecule has 0 spiro atoms. The van der Waals surface area contributed by atoms with Crippen LogP contribution in [0.5, 0.6) is 0 Å². The third-order valence-corrected chi connectivity index (χ3v) is 6.16. The summed E-state index contributed by atoms with van der Waals surface area (Å²) in [4.78, 5) is 32.6. The molecule has 2 aromatic carbocycles. The Hall–Kier alpha value is -3.45. The van der Waals surface area contributed by atoms with Crippen molar-refractivity contribution in [3.8, 4) is 5.69 Å². The number of carbonyl (C=O) groups is 1. The number of carbonyl (C=O) groups excluding carboxylic acids is 1. The van der Waals surface area contributed by atoms with E-state index >= 15 is 0 Å². The van der Waals surface area contributed by atoms with Crippen LogP contribution in [0.3, 0.4) is 0 Å². The van der Waals surface area contributed by atoms with Crippen molar-refractivity contribution in [1.29, 1.82) is 0 Å². The maximum Gasteiger partial charge on any atom is 0.297 e. The highest BCUT2D eigenvalue weighted by molar-refractivity contribution is 5.95. The second kappa shape index (κ2) is 10.2. The standard InChI is InChI=1S/C27H33N5O2/c1-18-10-11-21(26(33)29-22-12-13-22)16-23(18)32-15-14-28-25(27(32)34)30-24(19(2)17-31(3)4)20-8-6-5-7-9-20/h5-11,14-16,19,22,24H,12-13,17H2,1-4H3,(H,28,30)(H,29,33)/t19-,24-/m1/s1. The minimum absolute atomic E-state index is 0.0867. The lowest BCUT2D eigenvalue weighted by Crippen LogP contribution is -2.32. The predicted molar refractivity (Wildman–Crippen MR) is 136 cm³/mol. The Bertz CT molecular complexity index is 1200. The van der Waals surface area contributed by atoms with Gasteiger partial charge in [-0.25, -0.2) is 4.98 Å². The van der Waals surface area contributed by atoms with E-state index in [0.717, 1.165) is 30.5 Å². The number of hydrogen-bond acceptors (Lipinski definition) is 5. The van der Waals surface area contributed by atoms with E-state index in [1.807, 2.05) is 45.3 Å². The van der Waals surface area contributed by atoms with Gasteiger partial charge in [0.05, 0.1) is 11.7 Å². The van der Waals surface area contributed by atoms with Gasteiger partial charge in [0.2, 0.25) is 0 Å². The summed E-state index contributed by atoms with van der Waals surface area (Å²) in [5.74, 6) is 0.406. The maximum atomic E-state index is 13.5. The van der Waals surface area contributed by atoms with Crippen LogP contribution in [-0.2, 0) is 0 Å². The van der Waals surface area contributed by atoms with Gasteiger partial charge in [-0.15, -0.1) is 0 Å². The fraction of sp³-hybridized carbons (Fsp3) is 0.370. The predicted octanol–water partition coefficient (Wildman–Crippen LogP) is 3.78. The number of nitrogens with one attached hydrogen (secondary N) is 2. The smallest absolute Gasteiger partial charge is 0.297 e. The molecular formula is C27H33N5O2. The number of rotatable bonds is 9. The molecule has 7 heteroatoms. The molecule has 1 aliphatic rings. The van der Waals surface area contributed by atoms with Crippen LogP contribution in [0.15, 0.2) is 65.7 Å². The lowest BCUT2D eigenvalue weighted by atomic mass is 9.94. The summed E-state index contributed by atoms with van der Waals surface area (Å²) in [6, 6.07) is 15.8. The highest BCUT2D eigenvalue weighted by Gasteiger charge is 2.25. The Labute approximate surface area is 200 Å². The van der Waals surface area contributed by atoms with E-state index in [2.05, 4.69) is 39.6 Å². The Balaban J connectivity index is 1.67. The van der Waals surface area contributed by atoms with E-state index in [0.29, 0.717) is 11.3 Å². The van der Waals surface area contributed by atoms with E-state index in [9.17, 15) is 9.59 Å². The molecule has 0 saturated heterocycles. The number of anilines is 1. The number of hydrogen-bond donors (Lipinski definition) is 2. The van der Waals surface area contributed by atoms with Gasteiger partial charge in [-0.3, -0.25) is 14.2 Å². The van der Waals surface area contributed by atoms with Crippen molar-refractivity contribution in [3.05, 3.63) is 88.0 Å². The van der Waals surface area contributed by atoms with Gasteiger partial charge in [0.25, 0.3) is 11.5 Å². The highest BCUT2D eigenvalue weighted by atomic mass is 16.2. The Morgan fingerprint density at radius 1 is 1.18 bits per heavy atom. The minimum Gasteiger partial charge on any atom is -0.358 e. The summed E-state index contributed by atoms with van der Waals surface area (Å²) >= 11 is 0. The summed E-state index contributed by atoms with van der Waals surface area (Å²) in [5, 5.41) is 6.43. The lowest BCUT2D eigenvalue weighted by molar-refractivity contribution is 0.0951. The third-order valence-electron chi connectivity index (χ3n) is 6.16. The molecule has 1 fully saturated rings. The van der Waals surface area contributed by atoms with E-state index in [4.69, 9.17) is 0 Å². The average molecular weight is 460 g/mol. The third kappa shape index (κ3) is 5.54. The lowest BCUT2D eigenvalue weighted by Gasteiger charge is -2.28. The molecular weight excluding hydrogens is 426 g/mol. The molecule has 1 saturated carbocycles. The van der Waals surface area contributed by atoms with Crippen molar-refractivity contribution in [2.24, 2.45) is 5.92 Å². The first-order chi connectivity index (χ1) is 16.3. The van der Waals surface area contributed by atoms with Crippen molar-refractivity contribution in [2.75, 3.05) is 26.0 Å². The van der Waals surface area contributed by atoms with E-state index in [1.54, 1.807) is 29.1 Å². The normalized spacial score (nSPS) is 15.1. The molecule has 1 aromatic heterocycles. The molecule has 0 bridgehead atoms. The molecule has 178 valence electrons. The Kier molecular flexibility index (Phi) is 7.12. The SMILES string of the molecule is Cc1ccc(C(=O)NC2CC2)cc1-n1ccnc(N[C@@H](c2ccccc2)[C@H](C)CN(C)C)c1=O. The first-order valence-electron chi connectivity index (χ1n) is 11.8. The molecule has 1 heterocycles. The molecule has 0 radical (unpaired) electrons. The zero-order valence-corrected chi connectivity index (χ0v) is 20.3. The van der Waals surface area contributed by atoms with Crippen LogP contribution in [0, 0.1) is 12.8 Å². The van der Waals surface area contributed by atoms with Crippen LogP contribution in [0.25, 0.3) is 5.69 Å². The van der Waals surface area contributed by atoms with Crippen molar-refractivity contribution in [2.45, 2.75) is 38.8 Å². The molecule has 1 amide bonds. The number of nitrogens with zero attached hydrogens (tertiary/aromatic N) is 3. The fourth-order valence-corrected chi connectivity index (χ4v) is 4.25. The van der Waals surface area contributed by atoms with Gasteiger partial charge < -0.3 is 15.5 Å². The molecule has 34 heavy (non-hydrogen) atoms. The maximum absolute atomic E-state index is 13.5. The first-order valence-corrected chi connectivity index (χ1v) is 11.8. The summed E-state index contributed by atoms with van der Waals surface area (Å²) in [7, 11) is 4.09. The highest BCUT2D eigenvalue weighted by Crippen LogP contribution is 2.26. The van der Waals surface area contributed by atoms with Crippen LogP contribution in [0.1, 0.15) is 47.3 Å². The summed E-state index contributed by atoms with van der Waals surface area (Å²) < 4.78 is 1.57. The minimum atomic E-state index is -0.247. The summed E-state index contributed by atoms with van der Waals surface area (Å²) in [5.41, 5.74) is 2.98. The van der Waals surface area contributed by atoms with Gasteiger partial charge >= 0.3 is 0 Å². The quantitative estimate of drug-likeness (QED) is 0.509. The second-order valence-corrected chi connectivity index (χ2v) is 9.47. The average Bonchev–Trinajstić information content (AvgIpc) is 3.63. The zero-order valence-electron chi connectivity index (χ0n) is 20.3. The van der Waals surface area contributed by atoms with Gasteiger partial charge in [0, 0.05) is 30.5 Å². The number of benzene rings is 2. The van der Waals surface area contributed by atoms with Crippen molar-refractivity contribution >= 4 is 11.7 Å². The topological polar surface area (TPSA) is 79.3 Å². The molecule has 0 aliphatic heterocycles. The number of aromatic nitrogens is 2. The molecule has 7 nitrogen and oxygen atoms in total. The van der Waals surface area contributed by atoms with Crippen molar-refractivity contribution in [3.63, 3.8) is 0 Å². The molecule has 4 rings (SSSR count). The number of aryl methyl sites for hydroxylation is 1. The monoisotopic (exact) mass is 459 g/mol.